The van der Waals surface area contributed by atoms with Crippen LogP contribution in [-0.4, -0.2) is 26.3 Å². The summed E-state index contributed by atoms with van der Waals surface area (Å²) in [5.41, 5.74) is 0. The van der Waals surface area contributed by atoms with Crippen LogP contribution < -0.4 is 5.32 Å². The number of hydrogen-bond acceptors (Lipinski definition) is 2. The van der Waals surface area contributed by atoms with Crippen LogP contribution in [0.4, 0.5) is 0 Å². The Labute approximate surface area is 88.7 Å². The molecule has 0 aliphatic rings. The van der Waals surface area contributed by atoms with Gasteiger partial charge in [-0.3, -0.25) is 0 Å². The first-order valence-electron chi connectivity index (χ1n) is 5.81. The van der Waals surface area contributed by atoms with Crippen molar-refractivity contribution in [2.75, 3.05) is 26.3 Å². The zero-order chi connectivity index (χ0) is 10.5. The Morgan fingerprint density at radius 3 is 2.64 bits per heavy atom. The zero-order valence-corrected chi connectivity index (χ0v) is 9.56. The van der Waals surface area contributed by atoms with Gasteiger partial charge in [0.2, 0.25) is 0 Å². The first kappa shape index (κ1) is 13.7. The molecule has 2 nitrogen and oxygen atoms in total. The second-order valence-electron chi connectivity index (χ2n) is 3.46. The predicted molar refractivity (Wildman–Crippen MR) is 62.6 cm³/mol. The summed E-state index contributed by atoms with van der Waals surface area (Å²) < 4.78 is 5.41. The Morgan fingerprint density at radius 1 is 1.14 bits per heavy atom. The summed E-state index contributed by atoms with van der Waals surface area (Å²) >= 11 is 0. The van der Waals surface area contributed by atoms with Crippen molar-refractivity contribution >= 4 is 0 Å². The van der Waals surface area contributed by atoms with E-state index in [4.69, 9.17) is 4.74 Å². The van der Waals surface area contributed by atoms with E-state index in [9.17, 15) is 0 Å². The highest BCUT2D eigenvalue weighted by Crippen LogP contribution is 1.99. The smallest absolute Gasteiger partial charge is 0.0500 e. The van der Waals surface area contributed by atoms with Crippen molar-refractivity contribution in [2.45, 2.75) is 39.0 Å². The maximum absolute atomic E-state index is 5.41. The largest absolute Gasteiger partial charge is 0.381 e. The van der Waals surface area contributed by atoms with Crippen LogP contribution in [0.2, 0.25) is 0 Å². The number of ether oxygens (including phenoxy) is 1. The second-order valence-corrected chi connectivity index (χ2v) is 3.46. The second kappa shape index (κ2) is 12.7. The van der Waals surface area contributed by atoms with Gasteiger partial charge in [0.05, 0.1) is 0 Å². The van der Waals surface area contributed by atoms with Crippen molar-refractivity contribution in [1.29, 1.82) is 0 Å². The Kier molecular flexibility index (Phi) is 12.4. The average Bonchev–Trinajstić information content (AvgIpc) is 2.21. The van der Waals surface area contributed by atoms with E-state index in [1.165, 1.54) is 25.7 Å². The van der Waals surface area contributed by atoms with Gasteiger partial charge in [0, 0.05) is 13.2 Å². The third-order valence-corrected chi connectivity index (χ3v) is 2.11. The van der Waals surface area contributed by atoms with E-state index >= 15 is 0 Å². The molecule has 0 radical (unpaired) electrons. The van der Waals surface area contributed by atoms with Crippen molar-refractivity contribution in [3.05, 3.63) is 12.7 Å². The molecule has 0 atom stereocenters. The fourth-order valence-electron chi connectivity index (χ4n) is 1.25. The average molecular weight is 199 g/mol. The highest BCUT2D eigenvalue weighted by Gasteiger charge is 1.90. The van der Waals surface area contributed by atoms with Gasteiger partial charge in [0.15, 0.2) is 0 Å². The highest BCUT2D eigenvalue weighted by atomic mass is 16.5. The molecule has 0 saturated heterocycles. The minimum Gasteiger partial charge on any atom is -0.381 e. The fraction of sp³-hybridized carbons (Fsp3) is 0.833. The van der Waals surface area contributed by atoms with E-state index in [0.717, 1.165) is 32.7 Å². The lowest BCUT2D eigenvalue weighted by Gasteiger charge is -2.03. The van der Waals surface area contributed by atoms with Crippen molar-refractivity contribution in [3.8, 4) is 0 Å². The summed E-state index contributed by atoms with van der Waals surface area (Å²) in [5.74, 6) is 0. The minimum atomic E-state index is 0.834. The normalized spacial score (nSPS) is 10.4. The lowest BCUT2D eigenvalue weighted by molar-refractivity contribution is 0.134. The summed E-state index contributed by atoms with van der Waals surface area (Å²) in [7, 11) is 0. The van der Waals surface area contributed by atoms with Crippen molar-refractivity contribution in [3.63, 3.8) is 0 Å². The summed E-state index contributed by atoms with van der Waals surface area (Å²) in [6.07, 6.45) is 7.97. The Balaban J connectivity index is 2.81. The molecule has 0 aromatic heterocycles. The Bertz CT molecular complexity index is 115. The summed E-state index contributed by atoms with van der Waals surface area (Å²) in [5, 5.41) is 3.32. The molecule has 0 spiro atoms. The quantitative estimate of drug-likeness (QED) is 0.408. The molecule has 0 heterocycles. The minimum absolute atomic E-state index is 0.834. The molecule has 0 aliphatic heterocycles. The summed E-state index contributed by atoms with van der Waals surface area (Å²) in [4.78, 5) is 0. The lowest BCUT2D eigenvalue weighted by Crippen LogP contribution is -2.13. The van der Waals surface area contributed by atoms with Crippen molar-refractivity contribution in [2.24, 2.45) is 0 Å². The topological polar surface area (TPSA) is 21.3 Å². The van der Waals surface area contributed by atoms with E-state index in [1.807, 2.05) is 6.08 Å². The molecule has 2 heteroatoms. The number of rotatable bonds is 11. The van der Waals surface area contributed by atoms with Crippen LogP contribution in [0.5, 0.6) is 0 Å². The van der Waals surface area contributed by atoms with E-state index < -0.39 is 0 Å². The molecule has 14 heavy (non-hydrogen) atoms. The first-order chi connectivity index (χ1) is 6.91. The third-order valence-electron chi connectivity index (χ3n) is 2.11. The summed E-state index contributed by atoms with van der Waals surface area (Å²) in [6.45, 7) is 9.79. The van der Waals surface area contributed by atoms with E-state index in [2.05, 4.69) is 18.8 Å². The monoisotopic (exact) mass is 199 g/mol. The van der Waals surface area contributed by atoms with E-state index in [1.54, 1.807) is 0 Å². The van der Waals surface area contributed by atoms with Crippen molar-refractivity contribution in [1.82, 2.24) is 5.32 Å². The van der Waals surface area contributed by atoms with Crippen LogP contribution in [0.15, 0.2) is 12.7 Å². The molecule has 1 N–H and O–H groups in total. The van der Waals surface area contributed by atoms with Gasteiger partial charge >= 0.3 is 0 Å². The molecule has 0 fully saturated rings. The van der Waals surface area contributed by atoms with Gasteiger partial charge in [-0.25, -0.2) is 0 Å². The first-order valence-corrected chi connectivity index (χ1v) is 5.81. The van der Waals surface area contributed by atoms with Crippen LogP contribution >= 0.6 is 0 Å². The van der Waals surface area contributed by atoms with Gasteiger partial charge in [-0.1, -0.05) is 25.8 Å². The van der Waals surface area contributed by atoms with Gasteiger partial charge in [0.25, 0.3) is 0 Å². The zero-order valence-electron chi connectivity index (χ0n) is 9.56. The van der Waals surface area contributed by atoms with Crippen LogP contribution in [-0.2, 0) is 4.74 Å². The van der Waals surface area contributed by atoms with Gasteiger partial charge in [-0.2, -0.15) is 0 Å². The SMILES string of the molecule is C=CCCOCCCCCCNCC. The fourth-order valence-corrected chi connectivity index (χ4v) is 1.25. The van der Waals surface area contributed by atoms with Crippen LogP contribution in [0.25, 0.3) is 0 Å². The number of unbranched alkanes of at least 4 members (excludes halogenated alkanes) is 3. The maximum atomic E-state index is 5.41. The van der Waals surface area contributed by atoms with Gasteiger partial charge in [0.1, 0.15) is 0 Å². The van der Waals surface area contributed by atoms with Crippen LogP contribution in [0, 0.1) is 0 Å². The van der Waals surface area contributed by atoms with Gasteiger partial charge in [-0.05, 0) is 32.4 Å². The molecule has 0 bridgehead atoms. The molecule has 0 unspecified atom stereocenters. The van der Waals surface area contributed by atoms with Crippen LogP contribution in [0.1, 0.15) is 39.0 Å². The molecule has 0 aromatic rings. The Morgan fingerprint density at radius 2 is 1.93 bits per heavy atom. The third kappa shape index (κ3) is 11.7. The number of hydrogen-bond donors (Lipinski definition) is 1. The standard InChI is InChI=1S/C12H25NO/c1-3-5-11-14-12-9-7-6-8-10-13-4-2/h3,13H,1,4-12H2,2H3. The molecular formula is C12H25NO. The molecule has 0 saturated carbocycles. The molecule has 0 amide bonds. The molecule has 0 aromatic carbocycles. The number of nitrogens with one attached hydrogen (secondary N) is 1. The molecule has 0 aliphatic carbocycles. The lowest BCUT2D eigenvalue weighted by atomic mass is 10.2. The van der Waals surface area contributed by atoms with Gasteiger partial charge < -0.3 is 10.1 Å². The van der Waals surface area contributed by atoms with E-state index in [-0.39, 0.29) is 0 Å². The van der Waals surface area contributed by atoms with Crippen molar-refractivity contribution < 1.29 is 4.74 Å². The molecular weight excluding hydrogens is 174 g/mol. The van der Waals surface area contributed by atoms with E-state index in [0.29, 0.717) is 0 Å². The maximum Gasteiger partial charge on any atom is 0.0500 e. The van der Waals surface area contributed by atoms with Gasteiger partial charge in [-0.15, -0.1) is 6.58 Å². The van der Waals surface area contributed by atoms with Crippen LogP contribution in [0.3, 0.4) is 0 Å². The predicted octanol–water partition coefficient (Wildman–Crippen LogP) is 2.75. The summed E-state index contributed by atoms with van der Waals surface area (Å²) in [6, 6.07) is 0. The molecule has 0 rings (SSSR count). The highest BCUT2D eigenvalue weighted by molar-refractivity contribution is 4.64. The Hall–Kier alpha value is -0.340. The molecule has 84 valence electrons.